The number of ether oxygens (including phenoxy) is 1. The molecule has 1 fully saturated rings. The lowest BCUT2D eigenvalue weighted by Gasteiger charge is -2.30. The van der Waals surface area contributed by atoms with Gasteiger partial charge in [0.05, 0.1) is 6.61 Å². The third-order valence-electron chi connectivity index (χ3n) is 2.26. The van der Waals surface area contributed by atoms with Gasteiger partial charge in [-0.05, 0) is 0 Å². The molecule has 0 bridgehead atoms. The van der Waals surface area contributed by atoms with Crippen LogP contribution in [0, 0.1) is 0 Å². The van der Waals surface area contributed by atoms with Gasteiger partial charge in [0.25, 0.3) is 0 Å². The van der Waals surface area contributed by atoms with Crippen LogP contribution in [0.5, 0.6) is 0 Å². The zero-order valence-corrected chi connectivity index (χ0v) is 7.78. The summed E-state index contributed by atoms with van der Waals surface area (Å²) in [5.41, 5.74) is -2.17. The minimum atomic E-state index is -4.45. The minimum absolute atomic E-state index is 0.0313. The van der Waals surface area contributed by atoms with Crippen molar-refractivity contribution >= 4 is 5.91 Å². The molecule has 1 aliphatic rings. The summed E-state index contributed by atoms with van der Waals surface area (Å²) in [6, 6.07) is 0. The number of rotatable bonds is 2. The summed E-state index contributed by atoms with van der Waals surface area (Å²) < 4.78 is 42.6. The number of hydrogen-bond acceptors (Lipinski definition) is 2. The first-order valence-electron chi connectivity index (χ1n) is 4.37. The second-order valence-corrected chi connectivity index (χ2v) is 3.28. The molecular weight excluding hydrogens is 199 g/mol. The number of carbonyl (C=O) groups excluding carboxylic acids is 1. The number of alkyl halides is 3. The fraction of sp³-hybridized carbons (Fsp3) is 0.875. The Kier molecular flexibility index (Phi) is 3.04. The van der Waals surface area contributed by atoms with E-state index in [9.17, 15) is 18.0 Å². The van der Waals surface area contributed by atoms with E-state index in [0.29, 0.717) is 0 Å². The predicted molar refractivity (Wildman–Crippen MR) is 42.7 cm³/mol. The normalized spacial score (nSPS) is 27.7. The van der Waals surface area contributed by atoms with E-state index in [0.717, 1.165) is 0 Å². The summed E-state index contributed by atoms with van der Waals surface area (Å²) >= 11 is 0. The minimum Gasteiger partial charge on any atom is -0.379 e. The summed E-state index contributed by atoms with van der Waals surface area (Å²) in [7, 11) is 0. The zero-order chi connectivity index (χ0) is 10.8. The van der Waals surface area contributed by atoms with E-state index in [1.165, 1.54) is 6.92 Å². The molecule has 6 heteroatoms. The lowest BCUT2D eigenvalue weighted by molar-refractivity contribution is -0.197. The Balaban J connectivity index is 2.77. The third kappa shape index (κ3) is 2.00. The Hall–Kier alpha value is -0.780. The predicted octanol–water partition coefficient (Wildman–Crippen LogP) is 1.23. The second kappa shape index (κ2) is 3.76. The largest absolute Gasteiger partial charge is 0.413 e. The van der Waals surface area contributed by atoms with Crippen LogP contribution in [0.2, 0.25) is 0 Å². The first kappa shape index (κ1) is 11.3. The van der Waals surface area contributed by atoms with Gasteiger partial charge in [-0.25, -0.2) is 0 Å². The molecule has 0 aromatic rings. The lowest BCUT2D eigenvalue weighted by atomic mass is 9.98. The van der Waals surface area contributed by atoms with Crippen molar-refractivity contribution in [3.8, 4) is 0 Å². The SMILES string of the molecule is CCC(=O)NC1(C(F)(F)F)CCOC1. The van der Waals surface area contributed by atoms with E-state index in [2.05, 4.69) is 0 Å². The van der Waals surface area contributed by atoms with Crippen LogP contribution < -0.4 is 5.32 Å². The Labute approximate surface area is 79.6 Å². The molecule has 1 rings (SSSR count). The van der Waals surface area contributed by atoms with Gasteiger partial charge in [-0.1, -0.05) is 6.92 Å². The van der Waals surface area contributed by atoms with Crippen LogP contribution in [0.4, 0.5) is 13.2 Å². The highest BCUT2D eigenvalue weighted by Gasteiger charge is 2.57. The standard InChI is InChI=1S/C8H12F3NO2/c1-2-6(13)12-7(8(9,10)11)3-4-14-5-7/h2-5H2,1H3,(H,12,13). The second-order valence-electron chi connectivity index (χ2n) is 3.28. The number of amides is 1. The highest BCUT2D eigenvalue weighted by atomic mass is 19.4. The number of nitrogens with one attached hydrogen (secondary N) is 1. The van der Waals surface area contributed by atoms with Gasteiger partial charge in [0.2, 0.25) is 5.91 Å². The van der Waals surface area contributed by atoms with Crippen molar-refractivity contribution in [3.63, 3.8) is 0 Å². The highest BCUT2D eigenvalue weighted by Crippen LogP contribution is 2.36. The Bertz CT molecular complexity index is 221. The Morgan fingerprint density at radius 2 is 2.21 bits per heavy atom. The number of halogens is 3. The van der Waals surface area contributed by atoms with E-state index in [-0.39, 0.29) is 19.4 Å². The van der Waals surface area contributed by atoms with Crippen molar-refractivity contribution in [2.24, 2.45) is 0 Å². The highest BCUT2D eigenvalue weighted by molar-refractivity contribution is 5.76. The average Bonchev–Trinajstić information content (AvgIpc) is 2.52. The molecule has 1 saturated heterocycles. The molecule has 0 saturated carbocycles. The lowest BCUT2D eigenvalue weighted by Crippen LogP contribution is -2.59. The van der Waals surface area contributed by atoms with Gasteiger partial charge in [0.1, 0.15) is 0 Å². The fourth-order valence-electron chi connectivity index (χ4n) is 1.31. The van der Waals surface area contributed by atoms with Gasteiger partial charge in [0, 0.05) is 19.4 Å². The summed E-state index contributed by atoms with van der Waals surface area (Å²) in [6.07, 6.45) is -4.62. The first-order valence-corrected chi connectivity index (χ1v) is 4.37. The third-order valence-corrected chi connectivity index (χ3v) is 2.26. The maximum absolute atomic E-state index is 12.6. The van der Waals surface area contributed by atoms with Crippen LogP contribution in [0.15, 0.2) is 0 Å². The van der Waals surface area contributed by atoms with Crippen molar-refractivity contribution < 1.29 is 22.7 Å². The van der Waals surface area contributed by atoms with Gasteiger partial charge in [0.15, 0.2) is 5.54 Å². The topological polar surface area (TPSA) is 38.3 Å². The van der Waals surface area contributed by atoms with Crippen LogP contribution in [0.25, 0.3) is 0 Å². The van der Waals surface area contributed by atoms with Crippen LogP contribution in [0.3, 0.4) is 0 Å². The van der Waals surface area contributed by atoms with Crippen LogP contribution >= 0.6 is 0 Å². The molecule has 1 aliphatic heterocycles. The quantitative estimate of drug-likeness (QED) is 0.746. The van der Waals surface area contributed by atoms with Gasteiger partial charge in [-0.15, -0.1) is 0 Å². The van der Waals surface area contributed by atoms with Crippen molar-refractivity contribution in [2.75, 3.05) is 13.2 Å². The molecule has 1 heterocycles. The van der Waals surface area contributed by atoms with E-state index in [4.69, 9.17) is 4.74 Å². The molecule has 1 atom stereocenters. The smallest absolute Gasteiger partial charge is 0.379 e. The fourth-order valence-corrected chi connectivity index (χ4v) is 1.31. The molecule has 1 amide bonds. The summed E-state index contributed by atoms with van der Waals surface area (Å²) in [5.74, 6) is -0.604. The van der Waals surface area contributed by atoms with E-state index < -0.39 is 24.2 Å². The van der Waals surface area contributed by atoms with Crippen molar-refractivity contribution in [3.05, 3.63) is 0 Å². The maximum Gasteiger partial charge on any atom is 0.413 e. The molecule has 0 radical (unpaired) electrons. The summed E-state index contributed by atoms with van der Waals surface area (Å²) in [4.78, 5) is 11.0. The van der Waals surface area contributed by atoms with Crippen molar-refractivity contribution in [1.29, 1.82) is 0 Å². The average molecular weight is 211 g/mol. The van der Waals surface area contributed by atoms with Gasteiger partial charge < -0.3 is 10.1 Å². The maximum atomic E-state index is 12.6. The van der Waals surface area contributed by atoms with Crippen molar-refractivity contribution in [1.82, 2.24) is 5.32 Å². The first-order chi connectivity index (χ1) is 6.41. The van der Waals surface area contributed by atoms with E-state index in [1.807, 2.05) is 5.32 Å². The van der Waals surface area contributed by atoms with Crippen LogP contribution in [0.1, 0.15) is 19.8 Å². The number of hydrogen-bond donors (Lipinski definition) is 1. The molecule has 14 heavy (non-hydrogen) atoms. The molecule has 3 nitrogen and oxygen atoms in total. The van der Waals surface area contributed by atoms with E-state index >= 15 is 0 Å². The van der Waals surface area contributed by atoms with E-state index in [1.54, 1.807) is 0 Å². The van der Waals surface area contributed by atoms with Crippen molar-refractivity contribution in [2.45, 2.75) is 31.5 Å². The molecule has 0 aromatic carbocycles. The molecular formula is C8H12F3NO2. The van der Waals surface area contributed by atoms with Gasteiger partial charge in [-0.3, -0.25) is 4.79 Å². The summed E-state index contributed by atoms with van der Waals surface area (Å²) in [6.45, 7) is 1.06. The Morgan fingerprint density at radius 3 is 2.57 bits per heavy atom. The van der Waals surface area contributed by atoms with Gasteiger partial charge >= 0.3 is 6.18 Å². The monoisotopic (exact) mass is 211 g/mol. The molecule has 1 unspecified atom stereocenters. The molecule has 0 aliphatic carbocycles. The zero-order valence-electron chi connectivity index (χ0n) is 7.78. The van der Waals surface area contributed by atoms with Gasteiger partial charge in [-0.2, -0.15) is 13.2 Å². The molecule has 0 spiro atoms. The number of carbonyl (C=O) groups is 1. The van der Waals surface area contributed by atoms with Crippen LogP contribution in [-0.2, 0) is 9.53 Å². The Morgan fingerprint density at radius 1 is 1.57 bits per heavy atom. The molecule has 1 N–H and O–H groups in total. The molecule has 0 aromatic heterocycles. The molecule has 82 valence electrons. The van der Waals surface area contributed by atoms with Crippen LogP contribution in [-0.4, -0.2) is 30.8 Å². The summed E-state index contributed by atoms with van der Waals surface area (Å²) in [5, 5.41) is 1.99.